The maximum atomic E-state index is 12.5. The van der Waals surface area contributed by atoms with Gasteiger partial charge in [0.05, 0.1) is 19.1 Å². The van der Waals surface area contributed by atoms with E-state index < -0.39 is 10.0 Å². The molecule has 0 spiro atoms. The summed E-state index contributed by atoms with van der Waals surface area (Å²) in [6.07, 6.45) is 0. The van der Waals surface area contributed by atoms with E-state index in [-0.39, 0.29) is 10.8 Å². The van der Waals surface area contributed by atoms with Gasteiger partial charge in [-0.1, -0.05) is 18.2 Å². The van der Waals surface area contributed by atoms with E-state index in [1.807, 2.05) is 0 Å². The number of hydrogen-bond donors (Lipinski definition) is 2. The second-order valence-electron chi connectivity index (χ2n) is 6.02. The number of carbonyl (C=O) groups excluding carboxylic acids is 1. The number of methoxy groups -OCH3 is 2. The van der Waals surface area contributed by atoms with Crippen molar-refractivity contribution < 1.29 is 22.7 Å². The summed E-state index contributed by atoms with van der Waals surface area (Å²) in [6, 6.07) is 19.3. The van der Waals surface area contributed by atoms with Crippen LogP contribution in [-0.2, 0) is 10.0 Å². The summed E-state index contributed by atoms with van der Waals surface area (Å²) in [5.41, 5.74) is 1.30. The zero-order valence-corrected chi connectivity index (χ0v) is 16.7. The molecular weight excluding hydrogens is 392 g/mol. The van der Waals surface area contributed by atoms with Gasteiger partial charge in [-0.05, 0) is 48.5 Å². The molecule has 0 saturated heterocycles. The lowest BCUT2D eigenvalue weighted by molar-refractivity contribution is 0.102. The van der Waals surface area contributed by atoms with E-state index in [4.69, 9.17) is 9.47 Å². The molecule has 150 valence electrons. The Kier molecular flexibility index (Phi) is 6.04. The van der Waals surface area contributed by atoms with Crippen molar-refractivity contribution in [3.8, 4) is 11.5 Å². The predicted octanol–water partition coefficient (Wildman–Crippen LogP) is 3.76. The lowest BCUT2D eigenvalue weighted by Crippen LogP contribution is -2.14. The van der Waals surface area contributed by atoms with E-state index in [0.29, 0.717) is 28.4 Å². The molecule has 0 radical (unpaired) electrons. The molecule has 0 bridgehead atoms. The maximum absolute atomic E-state index is 12.5. The first-order chi connectivity index (χ1) is 13.9. The second-order valence-corrected chi connectivity index (χ2v) is 7.70. The minimum atomic E-state index is -3.74. The molecule has 0 aliphatic heterocycles. The van der Waals surface area contributed by atoms with Gasteiger partial charge in [0, 0.05) is 23.0 Å². The van der Waals surface area contributed by atoms with Gasteiger partial charge in [0.1, 0.15) is 0 Å². The standard InChI is InChI=1S/C21H20N2O5S/c1-27-19-13-10-17(14-20(19)28-2)22-21(24)15-8-11-18(12-9-15)29(25,26)23-16-6-4-3-5-7-16/h3-14,23H,1-2H3,(H,22,24). The minimum Gasteiger partial charge on any atom is -0.493 e. The smallest absolute Gasteiger partial charge is 0.261 e. The molecule has 1 amide bonds. The van der Waals surface area contributed by atoms with E-state index in [1.165, 1.54) is 38.5 Å². The predicted molar refractivity (Wildman–Crippen MR) is 111 cm³/mol. The Bertz CT molecular complexity index is 1100. The topological polar surface area (TPSA) is 93.7 Å². The average Bonchev–Trinajstić information content (AvgIpc) is 2.74. The van der Waals surface area contributed by atoms with Crippen molar-refractivity contribution in [2.24, 2.45) is 0 Å². The van der Waals surface area contributed by atoms with Crippen LogP contribution in [0.3, 0.4) is 0 Å². The summed E-state index contributed by atoms with van der Waals surface area (Å²) < 4.78 is 37.8. The molecule has 0 aromatic heterocycles. The van der Waals surface area contributed by atoms with Crippen LogP contribution in [0.2, 0.25) is 0 Å². The molecule has 3 rings (SSSR count). The van der Waals surface area contributed by atoms with Crippen LogP contribution in [0, 0.1) is 0 Å². The van der Waals surface area contributed by atoms with Crippen molar-refractivity contribution in [3.63, 3.8) is 0 Å². The van der Waals surface area contributed by atoms with E-state index in [0.717, 1.165) is 0 Å². The fourth-order valence-corrected chi connectivity index (χ4v) is 3.68. The van der Waals surface area contributed by atoms with Gasteiger partial charge >= 0.3 is 0 Å². The summed E-state index contributed by atoms with van der Waals surface area (Å²) in [6.45, 7) is 0. The molecule has 8 heteroatoms. The number of sulfonamides is 1. The third-order valence-corrected chi connectivity index (χ3v) is 5.49. The molecular formula is C21H20N2O5S. The summed E-state index contributed by atoms with van der Waals surface area (Å²) in [7, 11) is -0.711. The van der Waals surface area contributed by atoms with Gasteiger partial charge in [-0.25, -0.2) is 8.42 Å². The molecule has 0 saturated carbocycles. The minimum absolute atomic E-state index is 0.0593. The number of rotatable bonds is 7. The number of para-hydroxylation sites is 1. The summed E-state index contributed by atoms with van der Waals surface area (Å²) in [4.78, 5) is 12.5. The number of hydrogen-bond acceptors (Lipinski definition) is 5. The number of nitrogens with one attached hydrogen (secondary N) is 2. The third-order valence-electron chi connectivity index (χ3n) is 4.09. The van der Waals surface area contributed by atoms with Crippen molar-refractivity contribution in [1.29, 1.82) is 0 Å². The highest BCUT2D eigenvalue weighted by Crippen LogP contribution is 2.30. The van der Waals surface area contributed by atoms with Crippen LogP contribution < -0.4 is 19.5 Å². The van der Waals surface area contributed by atoms with Gasteiger partial charge in [-0.3, -0.25) is 9.52 Å². The van der Waals surface area contributed by atoms with E-state index in [9.17, 15) is 13.2 Å². The molecule has 2 N–H and O–H groups in total. The monoisotopic (exact) mass is 412 g/mol. The maximum Gasteiger partial charge on any atom is 0.261 e. The van der Waals surface area contributed by atoms with Crippen molar-refractivity contribution in [3.05, 3.63) is 78.4 Å². The molecule has 0 aliphatic rings. The van der Waals surface area contributed by atoms with Gasteiger partial charge in [0.25, 0.3) is 15.9 Å². The molecule has 7 nitrogen and oxygen atoms in total. The largest absolute Gasteiger partial charge is 0.493 e. The van der Waals surface area contributed by atoms with Crippen LogP contribution in [0.5, 0.6) is 11.5 Å². The number of amides is 1. The van der Waals surface area contributed by atoms with Crippen LogP contribution in [0.4, 0.5) is 11.4 Å². The Labute approximate surface area is 169 Å². The van der Waals surface area contributed by atoms with Gasteiger partial charge in [-0.15, -0.1) is 0 Å². The van der Waals surface area contributed by atoms with E-state index >= 15 is 0 Å². The molecule has 3 aromatic carbocycles. The first-order valence-electron chi connectivity index (χ1n) is 8.64. The Morgan fingerprint density at radius 1 is 0.793 bits per heavy atom. The highest BCUT2D eigenvalue weighted by molar-refractivity contribution is 7.92. The Hall–Kier alpha value is -3.52. The van der Waals surface area contributed by atoms with E-state index in [1.54, 1.807) is 48.5 Å². The van der Waals surface area contributed by atoms with Crippen molar-refractivity contribution in [2.45, 2.75) is 4.90 Å². The molecule has 29 heavy (non-hydrogen) atoms. The van der Waals surface area contributed by atoms with Gasteiger partial charge in [0.2, 0.25) is 0 Å². The van der Waals surface area contributed by atoms with Crippen LogP contribution in [0.1, 0.15) is 10.4 Å². The fraction of sp³-hybridized carbons (Fsp3) is 0.0952. The molecule has 0 unspecified atom stereocenters. The van der Waals surface area contributed by atoms with Crippen molar-refractivity contribution in [1.82, 2.24) is 0 Å². The number of carbonyl (C=O) groups is 1. The molecule has 0 atom stereocenters. The SMILES string of the molecule is COc1ccc(NC(=O)c2ccc(S(=O)(=O)Nc3ccccc3)cc2)cc1OC. The van der Waals surface area contributed by atoms with Gasteiger partial charge in [-0.2, -0.15) is 0 Å². The number of benzene rings is 3. The normalized spacial score (nSPS) is 10.8. The number of ether oxygens (including phenoxy) is 2. The van der Waals surface area contributed by atoms with Crippen molar-refractivity contribution >= 4 is 27.3 Å². The van der Waals surface area contributed by atoms with Crippen LogP contribution in [0.25, 0.3) is 0 Å². The fourth-order valence-electron chi connectivity index (χ4n) is 2.62. The quantitative estimate of drug-likeness (QED) is 0.616. The summed E-state index contributed by atoms with van der Waals surface area (Å²) >= 11 is 0. The van der Waals surface area contributed by atoms with Gasteiger partial charge < -0.3 is 14.8 Å². The third kappa shape index (κ3) is 4.85. The molecule has 0 aliphatic carbocycles. The number of anilines is 2. The van der Waals surface area contributed by atoms with Crippen LogP contribution in [-0.4, -0.2) is 28.5 Å². The first-order valence-corrected chi connectivity index (χ1v) is 10.1. The van der Waals surface area contributed by atoms with E-state index in [2.05, 4.69) is 10.0 Å². The Morgan fingerprint density at radius 2 is 1.45 bits per heavy atom. The van der Waals surface area contributed by atoms with Crippen LogP contribution in [0.15, 0.2) is 77.7 Å². The highest BCUT2D eigenvalue weighted by Gasteiger charge is 2.15. The highest BCUT2D eigenvalue weighted by atomic mass is 32.2. The summed E-state index contributed by atoms with van der Waals surface area (Å²) in [5, 5.41) is 2.74. The lowest BCUT2D eigenvalue weighted by atomic mass is 10.2. The zero-order chi connectivity index (χ0) is 20.9. The van der Waals surface area contributed by atoms with Gasteiger partial charge in [0.15, 0.2) is 11.5 Å². The first kappa shape index (κ1) is 20.2. The lowest BCUT2D eigenvalue weighted by Gasteiger charge is -2.11. The zero-order valence-electron chi connectivity index (χ0n) is 15.9. The Balaban J connectivity index is 1.73. The average molecular weight is 412 g/mol. The second kappa shape index (κ2) is 8.66. The van der Waals surface area contributed by atoms with Crippen LogP contribution >= 0.6 is 0 Å². The molecule has 3 aromatic rings. The summed E-state index contributed by atoms with van der Waals surface area (Å²) in [5.74, 6) is 0.655. The molecule has 0 heterocycles. The molecule has 0 fully saturated rings. The Morgan fingerprint density at radius 3 is 2.07 bits per heavy atom. The van der Waals surface area contributed by atoms with Crippen molar-refractivity contribution in [2.75, 3.05) is 24.3 Å².